The maximum Gasteiger partial charge on any atom is 0.290 e. The highest BCUT2D eigenvalue weighted by atomic mass is 16.5. The van der Waals surface area contributed by atoms with Gasteiger partial charge in [0.15, 0.2) is 0 Å². The molecule has 1 aromatic carbocycles. The first-order valence-electron chi connectivity index (χ1n) is 5.27. The molecule has 4 nitrogen and oxygen atoms in total. The monoisotopic (exact) mass is 219 g/mol. The van der Waals surface area contributed by atoms with Crippen molar-refractivity contribution in [2.75, 3.05) is 19.7 Å². The Morgan fingerprint density at radius 3 is 2.56 bits per heavy atom. The van der Waals surface area contributed by atoms with Gasteiger partial charge in [-0.3, -0.25) is 9.59 Å². The molecular weight excluding hydrogens is 206 g/mol. The van der Waals surface area contributed by atoms with E-state index in [1.807, 2.05) is 30.3 Å². The van der Waals surface area contributed by atoms with Gasteiger partial charge in [-0.15, -0.1) is 0 Å². The molecule has 4 heteroatoms. The Bertz CT molecular complexity index is 389. The number of hydrogen-bond acceptors (Lipinski definition) is 3. The molecule has 0 aliphatic carbocycles. The van der Waals surface area contributed by atoms with E-state index >= 15 is 0 Å². The Balaban J connectivity index is 1.77. The molecule has 2 rings (SSSR count). The van der Waals surface area contributed by atoms with E-state index < -0.39 is 0 Å². The fraction of sp³-hybridized carbons (Fsp3) is 0.333. The van der Waals surface area contributed by atoms with E-state index in [1.165, 1.54) is 4.90 Å². The van der Waals surface area contributed by atoms with Gasteiger partial charge in [-0.25, -0.2) is 0 Å². The Labute approximate surface area is 93.8 Å². The second-order valence-corrected chi connectivity index (χ2v) is 3.63. The van der Waals surface area contributed by atoms with E-state index in [2.05, 4.69) is 0 Å². The lowest BCUT2D eigenvalue weighted by Crippen LogP contribution is -2.31. The summed E-state index contributed by atoms with van der Waals surface area (Å²) in [6, 6.07) is 9.41. The summed E-state index contributed by atoms with van der Waals surface area (Å²) in [5, 5.41) is 0. The summed E-state index contributed by atoms with van der Waals surface area (Å²) in [5.74, 6) is 0.108. The molecule has 1 aliphatic heterocycles. The molecule has 0 aromatic heterocycles. The molecular formula is C12H13NO3. The molecule has 0 radical (unpaired) electrons. The van der Waals surface area contributed by atoms with E-state index in [1.54, 1.807) is 0 Å². The van der Waals surface area contributed by atoms with Crippen LogP contribution in [0.25, 0.3) is 0 Å². The van der Waals surface area contributed by atoms with E-state index in [-0.39, 0.29) is 11.7 Å². The Morgan fingerprint density at radius 1 is 1.19 bits per heavy atom. The highest BCUT2D eigenvalue weighted by Gasteiger charge is 2.28. The molecule has 0 unspecified atom stereocenters. The minimum atomic E-state index is -0.378. The van der Waals surface area contributed by atoms with Crippen LogP contribution in [0.5, 0.6) is 5.75 Å². The topological polar surface area (TPSA) is 46.6 Å². The fourth-order valence-corrected chi connectivity index (χ4v) is 1.63. The van der Waals surface area contributed by atoms with Crippen LogP contribution >= 0.6 is 0 Å². The first-order chi connectivity index (χ1) is 7.77. The van der Waals surface area contributed by atoms with Crippen LogP contribution in [0.1, 0.15) is 6.42 Å². The minimum Gasteiger partial charge on any atom is -0.492 e. The van der Waals surface area contributed by atoms with Gasteiger partial charge in [0, 0.05) is 13.0 Å². The number of ketones is 1. The zero-order valence-corrected chi connectivity index (χ0v) is 8.89. The second-order valence-electron chi connectivity index (χ2n) is 3.63. The van der Waals surface area contributed by atoms with Gasteiger partial charge < -0.3 is 9.64 Å². The zero-order chi connectivity index (χ0) is 11.4. The largest absolute Gasteiger partial charge is 0.492 e. The van der Waals surface area contributed by atoms with Crippen molar-refractivity contribution in [3.8, 4) is 5.75 Å². The lowest BCUT2D eigenvalue weighted by molar-refractivity contribution is -0.140. The minimum absolute atomic E-state index is 0.292. The van der Waals surface area contributed by atoms with Crippen molar-refractivity contribution >= 4 is 11.7 Å². The number of hydrogen-bond donors (Lipinski definition) is 0. The molecule has 1 aromatic rings. The molecule has 1 amide bonds. The molecule has 0 spiro atoms. The predicted molar refractivity (Wildman–Crippen MR) is 58.1 cm³/mol. The van der Waals surface area contributed by atoms with E-state index in [4.69, 9.17) is 4.74 Å². The fourth-order valence-electron chi connectivity index (χ4n) is 1.63. The number of ether oxygens (including phenoxy) is 1. The standard InChI is InChI=1S/C12H13NO3/c14-11-6-7-13(12(11)15)8-9-16-10-4-2-1-3-5-10/h1-5H,6-9H2. The van der Waals surface area contributed by atoms with Crippen molar-refractivity contribution in [2.24, 2.45) is 0 Å². The lowest BCUT2D eigenvalue weighted by atomic mass is 10.3. The molecule has 0 atom stereocenters. The van der Waals surface area contributed by atoms with Gasteiger partial charge in [-0.1, -0.05) is 18.2 Å². The maximum absolute atomic E-state index is 11.3. The summed E-state index contributed by atoms with van der Waals surface area (Å²) in [7, 11) is 0. The molecule has 1 fully saturated rings. The number of amides is 1. The van der Waals surface area contributed by atoms with Gasteiger partial charge in [0.1, 0.15) is 12.4 Å². The Hall–Kier alpha value is -1.84. The van der Waals surface area contributed by atoms with Crippen molar-refractivity contribution in [2.45, 2.75) is 6.42 Å². The number of para-hydroxylation sites is 1. The summed E-state index contributed by atoms with van der Waals surface area (Å²) in [6.45, 7) is 1.41. The SMILES string of the molecule is O=C1CCN(CCOc2ccccc2)C1=O. The number of nitrogens with zero attached hydrogens (tertiary/aromatic N) is 1. The maximum atomic E-state index is 11.3. The normalized spacial score (nSPS) is 15.6. The summed E-state index contributed by atoms with van der Waals surface area (Å²) in [5.41, 5.74) is 0. The second kappa shape index (κ2) is 4.79. The van der Waals surface area contributed by atoms with Gasteiger partial charge in [-0.05, 0) is 12.1 Å². The molecule has 1 saturated heterocycles. The molecule has 0 bridgehead atoms. The molecule has 0 N–H and O–H groups in total. The average molecular weight is 219 g/mol. The number of carbonyl (C=O) groups excluding carboxylic acids is 2. The van der Waals surface area contributed by atoms with E-state index in [9.17, 15) is 9.59 Å². The zero-order valence-electron chi connectivity index (χ0n) is 8.89. The summed E-state index contributed by atoms with van der Waals surface area (Å²) in [4.78, 5) is 23.8. The number of likely N-dealkylation sites (tertiary alicyclic amines) is 1. The van der Waals surface area contributed by atoms with Gasteiger partial charge in [0.05, 0.1) is 6.54 Å². The van der Waals surface area contributed by atoms with E-state index in [0.717, 1.165) is 5.75 Å². The third-order valence-electron chi connectivity index (χ3n) is 2.51. The highest BCUT2D eigenvalue weighted by Crippen LogP contribution is 2.09. The van der Waals surface area contributed by atoms with Gasteiger partial charge >= 0.3 is 0 Å². The quantitative estimate of drug-likeness (QED) is 0.706. The summed E-state index contributed by atoms with van der Waals surface area (Å²) >= 11 is 0. The Morgan fingerprint density at radius 2 is 1.94 bits per heavy atom. The number of benzene rings is 1. The first-order valence-corrected chi connectivity index (χ1v) is 5.27. The van der Waals surface area contributed by atoms with Crippen molar-refractivity contribution in [1.82, 2.24) is 4.90 Å². The number of rotatable bonds is 4. The first kappa shape index (κ1) is 10.7. The number of carbonyl (C=O) groups is 2. The predicted octanol–water partition coefficient (Wildman–Crippen LogP) is 0.867. The third-order valence-corrected chi connectivity index (χ3v) is 2.51. The summed E-state index contributed by atoms with van der Waals surface area (Å²) in [6.07, 6.45) is 0.337. The number of Topliss-reactive ketones (excluding diaryl/α,β-unsaturated/α-hetero) is 1. The van der Waals surface area contributed by atoms with Crippen molar-refractivity contribution in [3.05, 3.63) is 30.3 Å². The van der Waals surface area contributed by atoms with Crippen LogP contribution in [-0.4, -0.2) is 36.3 Å². The molecule has 0 saturated carbocycles. The van der Waals surface area contributed by atoms with Crippen LogP contribution in [0.3, 0.4) is 0 Å². The smallest absolute Gasteiger partial charge is 0.290 e. The van der Waals surface area contributed by atoms with Crippen LogP contribution in [0.2, 0.25) is 0 Å². The Kier molecular flexibility index (Phi) is 3.19. The van der Waals surface area contributed by atoms with Crippen molar-refractivity contribution < 1.29 is 14.3 Å². The van der Waals surface area contributed by atoms with Crippen molar-refractivity contribution in [1.29, 1.82) is 0 Å². The van der Waals surface area contributed by atoms with Crippen molar-refractivity contribution in [3.63, 3.8) is 0 Å². The average Bonchev–Trinajstić information content (AvgIpc) is 2.62. The highest BCUT2D eigenvalue weighted by molar-refractivity contribution is 6.37. The molecule has 1 aliphatic rings. The van der Waals surface area contributed by atoms with E-state index in [0.29, 0.717) is 26.1 Å². The molecule has 1 heterocycles. The third kappa shape index (κ3) is 2.39. The van der Waals surface area contributed by atoms with Gasteiger partial charge in [-0.2, -0.15) is 0 Å². The van der Waals surface area contributed by atoms with Crippen LogP contribution in [0.15, 0.2) is 30.3 Å². The molecule has 16 heavy (non-hydrogen) atoms. The summed E-state index contributed by atoms with van der Waals surface area (Å²) < 4.78 is 5.45. The van der Waals surface area contributed by atoms with Crippen LogP contribution in [0, 0.1) is 0 Å². The lowest BCUT2D eigenvalue weighted by Gasteiger charge is -2.14. The van der Waals surface area contributed by atoms with Gasteiger partial charge in [0.2, 0.25) is 5.78 Å². The van der Waals surface area contributed by atoms with Crippen LogP contribution < -0.4 is 4.74 Å². The molecule has 84 valence electrons. The van der Waals surface area contributed by atoms with Gasteiger partial charge in [0.25, 0.3) is 5.91 Å². The van der Waals surface area contributed by atoms with Crippen LogP contribution in [-0.2, 0) is 9.59 Å². The van der Waals surface area contributed by atoms with Crippen LogP contribution in [0.4, 0.5) is 0 Å².